The Balaban J connectivity index is 2.21. The third-order valence-electron chi connectivity index (χ3n) is 3.20. The molecule has 4 nitrogen and oxygen atoms in total. The average Bonchev–Trinajstić information content (AvgIpc) is 2.73. The highest BCUT2D eigenvalue weighted by Crippen LogP contribution is 2.32. The van der Waals surface area contributed by atoms with Crippen LogP contribution in [0.5, 0.6) is 0 Å². The molecule has 1 aromatic rings. The van der Waals surface area contributed by atoms with E-state index >= 15 is 0 Å². The van der Waals surface area contributed by atoms with Crippen LogP contribution in [-0.4, -0.2) is 29.0 Å². The normalized spacial score (nSPS) is 18.7. The first-order valence-electron chi connectivity index (χ1n) is 6.76. The van der Waals surface area contributed by atoms with Gasteiger partial charge in [0.05, 0.1) is 0 Å². The highest BCUT2D eigenvalue weighted by Gasteiger charge is 2.38. The molecule has 7 heteroatoms. The summed E-state index contributed by atoms with van der Waals surface area (Å²) in [6.45, 7) is 4.76. The van der Waals surface area contributed by atoms with E-state index in [0.717, 1.165) is 11.0 Å². The molecule has 0 saturated carbocycles. The molecule has 1 aliphatic heterocycles. The van der Waals surface area contributed by atoms with Crippen molar-refractivity contribution in [3.8, 4) is 0 Å². The highest BCUT2D eigenvalue weighted by molar-refractivity contribution is 5.94. The van der Waals surface area contributed by atoms with Crippen molar-refractivity contribution in [3.05, 3.63) is 35.1 Å². The Bertz CT molecular complexity index is 625. The van der Waals surface area contributed by atoms with Gasteiger partial charge in [-0.15, -0.1) is 0 Å². The molecule has 0 N–H and O–H groups in total. The molecular weight excluding hydrogens is 299 g/mol. The number of hydrogen-bond donors (Lipinski definition) is 0. The van der Waals surface area contributed by atoms with Gasteiger partial charge in [-0.05, 0) is 32.4 Å². The number of ether oxygens (including phenoxy) is 1. The van der Waals surface area contributed by atoms with E-state index in [1.807, 2.05) is 0 Å². The van der Waals surface area contributed by atoms with Gasteiger partial charge in [-0.25, -0.2) is 22.9 Å². The van der Waals surface area contributed by atoms with Gasteiger partial charge in [0.25, 0.3) is 0 Å². The second-order valence-corrected chi connectivity index (χ2v) is 6.18. The second-order valence-electron chi connectivity index (χ2n) is 6.18. The summed E-state index contributed by atoms with van der Waals surface area (Å²) in [5.74, 6) is -4.82. The van der Waals surface area contributed by atoms with Crippen LogP contribution >= 0.6 is 0 Å². The van der Waals surface area contributed by atoms with Crippen LogP contribution < -0.4 is 0 Å². The molecule has 0 radical (unpaired) electrons. The molecular formula is C15H16F3NO3. The Hall–Kier alpha value is -2.05. The van der Waals surface area contributed by atoms with Crippen molar-refractivity contribution in [3.63, 3.8) is 0 Å². The van der Waals surface area contributed by atoms with Gasteiger partial charge in [-0.3, -0.25) is 4.79 Å². The van der Waals surface area contributed by atoms with E-state index < -0.39 is 41.0 Å². The number of halogens is 3. The van der Waals surface area contributed by atoms with Gasteiger partial charge in [0.2, 0.25) is 5.91 Å². The number of carbonyl (C=O) groups excluding carboxylic acids is 2. The maximum atomic E-state index is 13.8. The Labute approximate surface area is 125 Å². The lowest BCUT2D eigenvalue weighted by atomic mass is 9.97. The zero-order valence-corrected chi connectivity index (χ0v) is 12.5. The van der Waals surface area contributed by atoms with Gasteiger partial charge in [-0.1, -0.05) is 0 Å². The minimum Gasteiger partial charge on any atom is -0.443 e. The molecule has 1 atom stereocenters. The van der Waals surface area contributed by atoms with Crippen molar-refractivity contribution in [2.24, 2.45) is 0 Å². The monoisotopic (exact) mass is 315 g/mol. The molecule has 0 bridgehead atoms. The predicted octanol–water partition coefficient (Wildman–Crippen LogP) is 3.35. The first-order chi connectivity index (χ1) is 10.1. The molecule has 0 aliphatic carbocycles. The maximum Gasteiger partial charge on any atom is 0.417 e. The van der Waals surface area contributed by atoms with E-state index in [-0.39, 0.29) is 18.5 Å². The molecule has 0 spiro atoms. The molecule has 1 fully saturated rings. The highest BCUT2D eigenvalue weighted by atomic mass is 19.2. The topological polar surface area (TPSA) is 46.6 Å². The quantitative estimate of drug-likeness (QED) is 0.747. The van der Waals surface area contributed by atoms with Crippen molar-refractivity contribution in [2.45, 2.75) is 38.7 Å². The molecule has 0 aromatic heterocycles. The largest absolute Gasteiger partial charge is 0.443 e. The summed E-state index contributed by atoms with van der Waals surface area (Å²) in [6, 6.07) is 1.27. The Kier molecular flexibility index (Phi) is 4.17. The fourth-order valence-electron chi connectivity index (χ4n) is 2.28. The molecule has 22 heavy (non-hydrogen) atoms. The van der Waals surface area contributed by atoms with Gasteiger partial charge in [0.1, 0.15) is 11.4 Å². The van der Waals surface area contributed by atoms with E-state index in [9.17, 15) is 22.8 Å². The van der Waals surface area contributed by atoms with Crippen molar-refractivity contribution in [1.82, 2.24) is 4.90 Å². The third-order valence-corrected chi connectivity index (χ3v) is 3.20. The van der Waals surface area contributed by atoms with Crippen molar-refractivity contribution in [2.75, 3.05) is 6.54 Å². The van der Waals surface area contributed by atoms with E-state index in [4.69, 9.17) is 4.74 Å². The number of imide groups is 1. The lowest BCUT2D eigenvalue weighted by molar-refractivity contribution is -0.126. The van der Waals surface area contributed by atoms with Crippen LogP contribution in [0.25, 0.3) is 0 Å². The van der Waals surface area contributed by atoms with E-state index in [0.29, 0.717) is 6.07 Å². The van der Waals surface area contributed by atoms with Gasteiger partial charge >= 0.3 is 6.09 Å². The summed E-state index contributed by atoms with van der Waals surface area (Å²) in [4.78, 5) is 24.6. The predicted molar refractivity (Wildman–Crippen MR) is 71.6 cm³/mol. The first-order valence-corrected chi connectivity index (χ1v) is 6.76. The summed E-state index contributed by atoms with van der Waals surface area (Å²) in [5.41, 5.74) is -1.04. The number of likely N-dealkylation sites (tertiary alicyclic amines) is 1. The summed E-state index contributed by atoms with van der Waals surface area (Å²) in [5, 5.41) is 0. The Morgan fingerprint density at radius 1 is 1.27 bits per heavy atom. The summed E-state index contributed by atoms with van der Waals surface area (Å²) >= 11 is 0. The minimum atomic E-state index is -1.32. The zero-order valence-electron chi connectivity index (χ0n) is 12.5. The third kappa shape index (κ3) is 3.40. The Morgan fingerprint density at radius 3 is 2.50 bits per heavy atom. The number of nitrogens with zero attached hydrogens (tertiary/aromatic N) is 1. The number of rotatable bonds is 1. The van der Waals surface area contributed by atoms with Crippen LogP contribution in [-0.2, 0) is 9.53 Å². The zero-order chi connectivity index (χ0) is 16.7. The second kappa shape index (κ2) is 5.62. The van der Waals surface area contributed by atoms with Crippen LogP contribution in [0.2, 0.25) is 0 Å². The van der Waals surface area contributed by atoms with Crippen LogP contribution in [0.4, 0.5) is 18.0 Å². The molecule has 1 saturated heterocycles. The maximum absolute atomic E-state index is 13.8. The lowest BCUT2D eigenvalue weighted by Gasteiger charge is -2.23. The Morgan fingerprint density at radius 2 is 1.91 bits per heavy atom. The van der Waals surface area contributed by atoms with Crippen LogP contribution in [0.15, 0.2) is 12.1 Å². The number of carbonyl (C=O) groups is 2. The van der Waals surface area contributed by atoms with Crippen LogP contribution in [0.1, 0.15) is 38.7 Å². The smallest absolute Gasteiger partial charge is 0.417 e. The van der Waals surface area contributed by atoms with Gasteiger partial charge in [-0.2, -0.15) is 0 Å². The molecule has 2 amide bonds. The summed E-state index contributed by atoms with van der Waals surface area (Å²) < 4.78 is 45.4. The molecule has 120 valence electrons. The molecule has 1 aromatic carbocycles. The number of hydrogen-bond acceptors (Lipinski definition) is 3. The molecule has 2 rings (SSSR count). The van der Waals surface area contributed by atoms with Crippen LogP contribution in [0, 0.1) is 17.5 Å². The van der Waals surface area contributed by atoms with Gasteiger partial charge < -0.3 is 4.74 Å². The van der Waals surface area contributed by atoms with Crippen molar-refractivity contribution < 1.29 is 27.5 Å². The fraction of sp³-hybridized carbons (Fsp3) is 0.467. The lowest BCUT2D eigenvalue weighted by Crippen LogP contribution is -2.37. The van der Waals surface area contributed by atoms with E-state index in [1.165, 1.54) is 0 Å². The van der Waals surface area contributed by atoms with Gasteiger partial charge in [0.15, 0.2) is 11.6 Å². The summed E-state index contributed by atoms with van der Waals surface area (Å²) in [6.07, 6.45) is -1.06. The van der Waals surface area contributed by atoms with Crippen molar-refractivity contribution >= 4 is 12.0 Å². The SMILES string of the molecule is CC(C)(C)OC(=O)N1C[C@@H](c2cc(F)cc(F)c2F)CC1=O. The summed E-state index contributed by atoms with van der Waals surface area (Å²) in [7, 11) is 0. The van der Waals surface area contributed by atoms with Gasteiger partial charge in [0, 0.05) is 24.9 Å². The van der Waals surface area contributed by atoms with Crippen LogP contribution in [0.3, 0.4) is 0 Å². The molecule has 1 heterocycles. The van der Waals surface area contributed by atoms with E-state index in [1.54, 1.807) is 20.8 Å². The number of benzene rings is 1. The standard InChI is InChI=1S/C15H16F3NO3/c1-15(2,3)22-14(21)19-7-8(4-12(19)20)10-5-9(16)6-11(17)13(10)18/h5-6,8H,4,7H2,1-3H3/t8-/m0/s1. The fourth-order valence-corrected chi connectivity index (χ4v) is 2.28. The average molecular weight is 315 g/mol. The van der Waals surface area contributed by atoms with Crippen molar-refractivity contribution in [1.29, 1.82) is 0 Å². The molecule has 1 aliphatic rings. The first kappa shape index (κ1) is 16.3. The van der Waals surface area contributed by atoms with E-state index in [2.05, 4.69) is 0 Å². The number of amides is 2. The molecule has 0 unspecified atom stereocenters. The minimum absolute atomic E-state index is 0.173.